The van der Waals surface area contributed by atoms with E-state index in [4.69, 9.17) is 23.9 Å². The van der Waals surface area contributed by atoms with Crippen molar-refractivity contribution in [2.24, 2.45) is 0 Å². The third-order valence-electron chi connectivity index (χ3n) is 6.18. The SMILES string of the molecule is [B]c1ccc(N(c2cc3oc(-c4ccc(F)cc4)c(C(=O)NC)c3cc2C2CC2)S(C)(=O)=O)cc1Cl. The summed E-state index contributed by atoms with van der Waals surface area (Å²) in [4.78, 5) is 12.9. The molecule has 0 unspecified atom stereocenters. The Labute approximate surface area is 214 Å². The molecule has 1 aliphatic rings. The average molecular weight is 523 g/mol. The highest BCUT2D eigenvalue weighted by Gasteiger charge is 2.34. The summed E-state index contributed by atoms with van der Waals surface area (Å²) in [6.07, 6.45) is 2.88. The predicted octanol–water partition coefficient (Wildman–Crippen LogP) is 5.02. The Morgan fingerprint density at radius 2 is 1.83 bits per heavy atom. The lowest BCUT2D eigenvalue weighted by Crippen LogP contribution is -2.26. The minimum Gasteiger partial charge on any atom is -0.455 e. The van der Waals surface area contributed by atoms with Crippen LogP contribution < -0.4 is 15.1 Å². The largest absolute Gasteiger partial charge is 0.455 e. The highest BCUT2D eigenvalue weighted by Crippen LogP contribution is 2.49. The number of halogens is 2. The first-order chi connectivity index (χ1) is 17.1. The summed E-state index contributed by atoms with van der Waals surface area (Å²) < 4.78 is 47.0. The Morgan fingerprint density at radius 3 is 2.42 bits per heavy atom. The van der Waals surface area contributed by atoms with Crippen LogP contribution >= 0.6 is 11.6 Å². The Balaban J connectivity index is 1.80. The summed E-state index contributed by atoms with van der Waals surface area (Å²) in [5.41, 5.74) is 2.99. The molecule has 4 aromatic rings. The first kappa shape index (κ1) is 24.4. The lowest BCUT2D eigenvalue weighted by Gasteiger charge is -2.25. The third kappa shape index (κ3) is 4.37. The second-order valence-corrected chi connectivity index (χ2v) is 11.0. The molecule has 3 aromatic carbocycles. The van der Waals surface area contributed by atoms with E-state index in [-0.39, 0.29) is 22.6 Å². The van der Waals surface area contributed by atoms with Crippen LogP contribution in [-0.4, -0.2) is 35.5 Å². The van der Waals surface area contributed by atoms with Crippen LogP contribution in [0.5, 0.6) is 0 Å². The maximum Gasteiger partial charge on any atom is 0.255 e. The molecule has 1 saturated carbocycles. The molecule has 0 saturated heterocycles. The van der Waals surface area contributed by atoms with Gasteiger partial charge in [0.25, 0.3) is 5.91 Å². The van der Waals surface area contributed by atoms with Gasteiger partial charge < -0.3 is 9.73 Å². The highest BCUT2D eigenvalue weighted by atomic mass is 35.5. The van der Waals surface area contributed by atoms with Crippen LogP contribution in [0.15, 0.2) is 59.0 Å². The van der Waals surface area contributed by atoms with Crippen LogP contribution in [0, 0.1) is 5.82 Å². The summed E-state index contributed by atoms with van der Waals surface area (Å²) in [5, 5.41) is 3.41. The molecule has 2 radical (unpaired) electrons. The van der Waals surface area contributed by atoms with Gasteiger partial charge in [-0.25, -0.2) is 17.1 Å². The number of carbonyl (C=O) groups excluding carboxylic acids is 1. The number of hydrogen-bond donors (Lipinski definition) is 1. The van der Waals surface area contributed by atoms with Crippen molar-refractivity contribution in [2.45, 2.75) is 18.8 Å². The molecule has 182 valence electrons. The quantitative estimate of drug-likeness (QED) is 0.361. The van der Waals surface area contributed by atoms with Gasteiger partial charge >= 0.3 is 0 Å². The normalized spacial score (nSPS) is 13.7. The fourth-order valence-electron chi connectivity index (χ4n) is 4.35. The zero-order valence-corrected chi connectivity index (χ0v) is 21.1. The second kappa shape index (κ2) is 8.98. The van der Waals surface area contributed by atoms with Gasteiger partial charge in [0.05, 0.1) is 23.2 Å². The molecule has 0 bridgehead atoms. The van der Waals surface area contributed by atoms with Gasteiger partial charge in [0.15, 0.2) is 0 Å². The van der Waals surface area contributed by atoms with E-state index in [1.54, 1.807) is 18.2 Å². The van der Waals surface area contributed by atoms with Crippen molar-refractivity contribution in [2.75, 3.05) is 17.6 Å². The summed E-state index contributed by atoms with van der Waals surface area (Å²) in [7, 11) is 3.56. The van der Waals surface area contributed by atoms with Crippen molar-refractivity contribution in [1.82, 2.24) is 5.32 Å². The van der Waals surface area contributed by atoms with Crippen molar-refractivity contribution in [3.63, 3.8) is 0 Å². The van der Waals surface area contributed by atoms with E-state index >= 15 is 0 Å². The number of hydrogen-bond acceptors (Lipinski definition) is 4. The van der Waals surface area contributed by atoms with Crippen molar-refractivity contribution in [3.8, 4) is 11.3 Å². The van der Waals surface area contributed by atoms with Gasteiger partial charge in [0, 0.05) is 29.1 Å². The van der Waals surface area contributed by atoms with Crippen LogP contribution in [0.3, 0.4) is 0 Å². The van der Waals surface area contributed by atoms with Crippen LogP contribution in [-0.2, 0) is 10.0 Å². The van der Waals surface area contributed by atoms with Gasteiger partial charge in [-0.3, -0.25) is 4.79 Å². The number of benzene rings is 3. The summed E-state index contributed by atoms with van der Waals surface area (Å²) in [6.45, 7) is 0. The number of furan rings is 1. The predicted molar refractivity (Wildman–Crippen MR) is 141 cm³/mol. The zero-order chi connectivity index (χ0) is 25.8. The lowest BCUT2D eigenvalue weighted by molar-refractivity contribution is 0.0964. The van der Waals surface area contributed by atoms with Crippen LogP contribution in [0.4, 0.5) is 15.8 Å². The molecule has 1 heterocycles. The van der Waals surface area contributed by atoms with Gasteiger partial charge in [-0.1, -0.05) is 23.1 Å². The minimum atomic E-state index is -3.81. The molecule has 10 heteroatoms. The maximum absolute atomic E-state index is 13.6. The molecule has 1 fully saturated rings. The van der Waals surface area contributed by atoms with Crippen molar-refractivity contribution >= 4 is 63.2 Å². The number of fused-ring (bicyclic) bond motifs is 1. The number of rotatable bonds is 6. The molecule has 0 atom stereocenters. The molecule has 1 N–H and O–H groups in total. The monoisotopic (exact) mass is 522 g/mol. The summed E-state index contributed by atoms with van der Waals surface area (Å²) in [6, 6.07) is 13.7. The average Bonchev–Trinajstić information content (AvgIpc) is 3.61. The molecule has 1 aromatic heterocycles. The Hall–Kier alpha value is -3.30. The first-order valence-electron chi connectivity index (χ1n) is 11.2. The van der Waals surface area contributed by atoms with E-state index in [0.29, 0.717) is 38.9 Å². The van der Waals surface area contributed by atoms with Crippen LogP contribution in [0.2, 0.25) is 5.02 Å². The lowest BCUT2D eigenvalue weighted by atomic mass is 9.96. The van der Waals surface area contributed by atoms with Crippen molar-refractivity contribution in [1.29, 1.82) is 0 Å². The third-order valence-corrected chi connectivity index (χ3v) is 7.58. The molecule has 0 spiro atoms. The maximum atomic E-state index is 13.6. The van der Waals surface area contributed by atoms with E-state index in [1.165, 1.54) is 41.7 Å². The first-order valence-corrected chi connectivity index (χ1v) is 13.4. The number of nitrogens with zero attached hydrogens (tertiary/aromatic N) is 1. The van der Waals surface area contributed by atoms with E-state index < -0.39 is 15.8 Å². The number of carbonyl (C=O) groups is 1. The fourth-order valence-corrected chi connectivity index (χ4v) is 5.54. The van der Waals surface area contributed by atoms with Gasteiger partial charge in [-0.15, -0.1) is 0 Å². The van der Waals surface area contributed by atoms with Crippen molar-refractivity contribution in [3.05, 3.63) is 76.6 Å². The smallest absolute Gasteiger partial charge is 0.255 e. The minimum absolute atomic E-state index is 0.125. The van der Waals surface area contributed by atoms with Gasteiger partial charge in [-0.2, -0.15) is 0 Å². The van der Waals surface area contributed by atoms with Crippen LogP contribution in [0.1, 0.15) is 34.7 Å². The molecular formula is C26H21BClFN2O4S. The van der Waals surface area contributed by atoms with Crippen molar-refractivity contribution < 1.29 is 22.0 Å². The van der Waals surface area contributed by atoms with E-state index in [0.717, 1.165) is 24.7 Å². The summed E-state index contributed by atoms with van der Waals surface area (Å²) in [5.74, 6) is -0.391. The summed E-state index contributed by atoms with van der Waals surface area (Å²) >= 11 is 6.22. The standard InChI is InChI=1S/C26H21BClFN2O4S/c1-30-26(32)24-19-12-18(14-3-4-14)22(13-23(19)35-25(24)15-5-7-16(29)8-6-15)31(36(2,33)34)17-9-10-20(27)21(28)11-17/h5-14H,3-4H2,1-2H3,(H,30,32). The molecule has 6 nitrogen and oxygen atoms in total. The Kier molecular flexibility index (Phi) is 6.08. The van der Waals surface area contributed by atoms with E-state index in [9.17, 15) is 17.6 Å². The zero-order valence-electron chi connectivity index (χ0n) is 19.5. The topological polar surface area (TPSA) is 79.6 Å². The highest BCUT2D eigenvalue weighted by molar-refractivity contribution is 7.92. The molecular weight excluding hydrogens is 502 g/mol. The molecule has 1 amide bonds. The van der Waals surface area contributed by atoms with Gasteiger partial charge in [0.2, 0.25) is 10.0 Å². The van der Waals surface area contributed by atoms with Gasteiger partial charge in [-0.05, 0) is 66.8 Å². The molecule has 36 heavy (non-hydrogen) atoms. The number of anilines is 2. The van der Waals surface area contributed by atoms with Crippen LogP contribution in [0.25, 0.3) is 22.3 Å². The second-order valence-electron chi connectivity index (χ2n) is 8.81. The number of amides is 1. The fraction of sp³-hybridized carbons (Fsp3) is 0.192. The van der Waals surface area contributed by atoms with Gasteiger partial charge in [0.1, 0.15) is 25.0 Å². The van der Waals surface area contributed by atoms with E-state index in [2.05, 4.69) is 5.32 Å². The molecule has 0 aliphatic heterocycles. The Bertz CT molecular complexity index is 1620. The Morgan fingerprint density at radius 1 is 1.14 bits per heavy atom. The number of nitrogens with one attached hydrogen (secondary N) is 1. The molecule has 1 aliphatic carbocycles. The molecule has 5 rings (SSSR count). The van der Waals surface area contributed by atoms with E-state index in [1.807, 2.05) is 6.07 Å². The number of sulfonamides is 1.